The molecule has 2 nitrogen and oxygen atoms in total. The van der Waals surface area contributed by atoms with Gasteiger partial charge in [-0.15, -0.1) is 13.2 Å². The van der Waals surface area contributed by atoms with E-state index < -0.39 is 0 Å². The van der Waals surface area contributed by atoms with E-state index in [4.69, 9.17) is 5.11 Å². The van der Waals surface area contributed by atoms with E-state index in [1.54, 1.807) is 6.08 Å². The molecule has 0 aliphatic carbocycles. The fourth-order valence-corrected chi connectivity index (χ4v) is 0.724. The minimum atomic E-state index is 0.0742. The van der Waals surface area contributed by atoms with Crippen LogP contribution in [0.25, 0.3) is 0 Å². The first kappa shape index (κ1) is 9.98. The second kappa shape index (κ2) is 7.09. The van der Waals surface area contributed by atoms with Crippen LogP contribution in [0.4, 0.5) is 0 Å². The lowest BCUT2D eigenvalue weighted by Gasteiger charge is -2.15. The molecular weight excluding hydrogens is 138 g/mol. The molecule has 0 aromatic carbocycles. The van der Waals surface area contributed by atoms with Gasteiger partial charge < -0.3 is 10.0 Å². The summed E-state index contributed by atoms with van der Waals surface area (Å²) in [4.78, 5) is 2.00. The molecule has 0 atom stereocenters. The van der Waals surface area contributed by atoms with Crippen molar-refractivity contribution in [3.8, 4) is 0 Å². The number of nitrogens with zero attached hydrogens (tertiary/aromatic N) is 1. The maximum atomic E-state index is 8.49. The van der Waals surface area contributed by atoms with Gasteiger partial charge in [0.15, 0.2) is 0 Å². The van der Waals surface area contributed by atoms with Crippen molar-refractivity contribution in [1.29, 1.82) is 0 Å². The summed E-state index contributed by atoms with van der Waals surface area (Å²) in [5, 5.41) is 8.49. The first-order valence-electron chi connectivity index (χ1n) is 3.58. The van der Waals surface area contributed by atoms with Crippen molar-refractivity contribution < 1.29 is 5.11 Å². The molecule has 0 saturated carbocycles. The van der Waals surface area contributed by atoms with Gasteiger partial charge in [-0.3, -0.25) is 0 Å². The van der Waals surface area contributed by atoms with Gasteiger partial charge in [-0.25, -0.2) is 0 Å². The summed E-state index contributed by atoms with van der Waals surface area (Å²) in [6.07, 6.45) is 7.15. The van der Waals surface area contributed by atoms with Crippen LogP contribution >= 0.6 is 0 Å². The Morgan fingerprint density at radius 1 is 1.18 bits per heavy atom. The average Bonchev–Trinajstić information content (AvgIpc) is 2.01. The standard InChI is InChI=1S/C9H15NO/c1-3-6-10(7-4-2)8-5-9-11/h3-5,8,11H,1-2,6-7,9H2. The van der Waals surface area contributed by atoms with E-state index in [9.17, 15) is 0 Å². The smallest absolute Gasteiger partial charge is 0.0629 e. The normalized spacial score (nSPS) is 9.91. The molecule has 0 aromatic rings. The zero-order valence-electron chi connectivity index (χ0n) is 6.74. The van der Waals surface area contributed by atoms with Crippen LogP contribution in [0.1, 0.15) is 0 Å². The molecule has 0 rings (SSSR count). The summed E-state index contributed by atoms with van der Waals surface area (Å²) < 4.78 is 0. The molecule has 0 fully saturated rings. The Bertz CT molecular complexity index is 130. The van der Waals surface area contributed by atoms with Crippen molar-refractivity contribution in [2.45, 2.75) is 0 Å². The second-order valence-corrected chi connectivity index (χ2v) is 2.10. The van der Waals surface area contributed by atoms with Crippen LogP contribution in [0.15, 0.2) is 37.6 Å². The molecule has 62 valence electrons. The summed E-state index contributed by atoms with van der Waals surface area (Å²) in [6.45, 7) is 8.87. The Kier molecular flexibility index (Phi) is 6.43. The van der Waals surface area contributed by atoms with Gasteiger partial charge in [0.2, 0.25) is 0 Å². The zero-order valence-corrected chi connectivity index (χ0v) is 6.74. The Balaban J connectivity index is 3.76. The van der Waals surface area contributed by atoms with Crippen molar-refractivity contribution in [2.75, 3.05) is 19.7 Å². The third-order valence-electron chi connectivity index (χ3n) is 1.15. The van der Waals surface area contributed by atoms with E-state index in [-0.39, 0.29) is 6.61 Å². The molecule has 0 aliphatic heterocycles. The third kappa shape index (κ3) is 5.43. The molecule has 11 heavy (non-hydrogen) atoms. The largest absolute Gasteiger partial charge is 0.392 e. The molecule has 0 saturated heterocycles. The van der Waals surface area contributed by atoms with Crippen molar-refractivity contribution in [3.05, 3.63) is 37.6 Å². The summed E-state index contributed by atoms with van der Waals surface area (Å²) >= 11 is 0. The SMILES string of the molecule is C=CCN(C=CCO)CC=C. The number of hydrogen-bond donors (Lipinski definition) is 1. The van der Waals surface area contributed by atoms with Crippen molar-refractivity contribution in [1.82, 2.24) is 4.90 Å². The van der Waals surface area contributed by atoms with E-state index in [0.29, 0.717) is 0 Å². The number of hydrogen-bond acceptors (Lipinski definition) is 2. The zero-order chi connectivity index (χ0) is 8.53. The van der Waals surface area contributed by atoms with E-state index in [2.05, 4.69) is 13.2 Å². The van der Waals surface area contributed by atoms with Gasteiger partial charge in [0, 0.05) is 13.1 Å². The molecule has 1 N–H and O–H groups in total. The molecule has 0 unspecified atom stereocenters. The van der Waals surface area contributed by atoms with Crippen LogP contribution in [0, 0.1) is 0 Å². The van der Waals surface area contributed by atoms with Crippen LogP contribution in [-0.4, -0.2) is 29.7 Å². The molecule has 2 heteroatoms. The average molecular weight is 153 g/mol. The van der Waals surface area contributed by atoms with Crippen molar-refractivity contribution in [2.24, 2.45) is 0 Å². The van der Waals surface area contributed by atoms with E-state index in [0.717, 1.165) is 13.1 Å². The molecule has 0 aromatic heterocycles. The highest BCUT2D eigenvalue weighted by Gasteiger charge is 1.89. The predicted octanol–water partition coefficient (Wildman–Crippen LogP) is 1.17. The summed E-state index contributed by atoms with van der Waals surface area (Å²) in [7, 11) is 0. The topological polar surface area (TPSA) is 23.5 Å². The predicted molar refractivity (Wildman–Crippen MR) is 48.2 cm³/mol. The van der Waals surface area contributed by atoms with Gasteiger partial charge in [0.05, 0.1) is 6.61 Å². The van der Waals surface area contributed by atoms with Gasteiger partial charge in [-0.2, -0.15) is 0 Å². The highest BCUT2D eigenvalue weighted by atomic mass is 16.2. The lowest BCUT2D eigenvalue weighted by atomic mass is 10.4. The first-order chi connectivity index (χ1) is 5.35. The molecule has 0 spiro atoms. The lowest BCUT2D eigenvalue weighted by Crippen LogP contribution is -2.16. The highest BCUT2D eigenvalue weighted by Crippen LogP contribution is 1.89. The van der Waals surface area contributed by atoms with Gasteiger partial charge >= 0.3 is 0 Å². The summed E-state index contributed by atoms with van der Waals surface area (Å²) in [5.41, 5.74) is 0. The number of rotatable bonds is 6. The Hall–Kier alpha value is -1.02. The summed E-state index contributed by atoms with van der Waals surface area (Å²) in [6, 6.07) is 0. The van der Waals surface area contributed by atoms with Gasteiger partial charge in [-0.05, 0) is 12.3 Å². The molecular formula is C9H15NO. The Labute approximate surface area is 68.1 Å². The van der Waals surface area contributed by atoms with Gasteiger partial charge in [0.1, 0.15) is 0 Å². The quantitative estimate of drug-likeness (QED) is 0.579. The number of aliphatic hydroxyl groups excluding tert-OH is 1. The molecule has 0 bridgehead atoms. The fraction of sp³-hybridized carbons (Fsp3) is 0.333. The van der Waals surface area contributed by atoms with Crippen LogP contribution in [0.3, 0.4) is 0 Å². The number of aliphatic hydroxyl groups is 1. The van der Waals surface area contributed by atoms with E-state index in [1.165, 1.54) is 0 Å². The third-order valence-corrected chi connectivity index (χ3v) is 1.15. The fourth-order valence-electron chi connectivity index (χ4n) is 0.724. The summed E-state index contributed by atoms with van der Waals surface area (Å²) in [5.74, 6) is 0. The first-order valence-corrected chi connectivity index (χ1v) is 3.58. The van der Waals surface area contributed by atoms with Gasteiger partial charge in [-0.1, -0.05) is 12.2 Å². The molecule has 0 heterocycles. The minimum absolute atomic E-state index is 0.0742. The highest BCUT2D eigenvalue weighted by molar-refractivity contribution is 4.89. The molecule has 0 amide bonds. The maximum absolute atomic E-state index is 8.49. The van der Waals surface area contributed by atoms with Crippen molar-refractivity contribution in [3.63, 3.8) is 0 Å². The van der Waals surface area contributed by atoms with Gasteiger partial charge in [0.25, 0.3) is 0 Å². The molecule has 0 aliphatic rings. The van der Waals surface area contributed by atoms with Crippen LogP contribution < -0.4 is 0 Å². The Morgan fingerprint density at radius 3 is 2.09 bits per heavy atom. The van der Waals surface area contributed by atoms with Crippen LogP contribution in [0.2, 0.25) is 0 Å². The van der Waals surface area contributed by atoms with Crippen molar-refractivity contribution >= 4 is 0 Å². The lowest BCUT2D eigenvalue weighted by molar-refractivity contribution is 0.338. The monoisotopic (exact) mass is 153 g/mol. The van der Waals surface area contributed by atoms with Crippen LogP contribution in [0.5, 0.6) is 0 Å². The maximum Gasteiger partial charge on any atom is 0.0629 e. The second-order valence-electron chi connectivity index (χ2n) is 2.10. The Morgan fingerprint density at radius 2 is 1.73 bits per heavy atom. The van der Waals surface area contributed by atoms with E-state index >= 15 is 0 Å². The molecule has 0 radical (unpaired) electrons. The van der Waals surface area contributed by atoms with Crippen LogP contribution in [-0.2, 0) is 0 Å². The minimum Gasteiger partial charge on any atom is -0.392 e. The van der Waals surface area contributed by atoms with E-state index in [1.807, 2.05) is 23.3 Å².